The summed E-state index contributed by atoms with van der Waals surface area (Å²) in [6.07, 6.45) is 2.96. The number of rotatable bonds is 6. The van der Waals surface area contributed by atoms with Gasteiger partial charge in [0.25, 0.3) is 0 Å². The lowest BCUT2D eigenvalue weighted by atomic mass is 10.0. The number of carbonyl (C=O) groups excluding carboxylic acids is 1. The number of benzene rings is 1. The first-order valence-electron chi connectivity index (χ1n) is 7.51. The maximum atomic E-state index is 12.5. The van der Waals surface area contributed by atoms with Crippen molar-refractivity contribution in [1.29, 1.82) is 0 Å². The third-order valence-electron chi connectivity index (χ3n) is 3.82. The molecule has 1 unspecified atom stereocenters. The zero-order valence-electron chi connectivity index (χ0n) is 12.7. The average Bonchev–Trinajstić information content (AvgIpc) is 2.50. The van der Waals surface area contributed by atoms with Crippen LogP contribution in [0.25, 0.3) is 0 Å². The maximum Gasteiger partial charge on any atom is 0.240 e. The quantitative estimate of drug-likeness (QED) is 0.878. The first-order chi connectivity index (χ1) is 10.2. The van der Waals surface area contributed by atoms with E-state index in [4.69, 9.17) is 16.3 Å². The summed E-state index contributed by atoms with van der Waals surface area (Å²) >= 11 is 6.26. The van der Waals surface area contributed by atoms with Gasteiger partial charge >= 0.3 is 0 Å². The molecule has 1 atom stereocenters. The van der Waals surface area contributed by atoms with E-state index in [9.17, 15) is 4.79 Å². The smallest absolute Gasteiger partial charge is 0.240 e. The van der Waals surface area contributed by atoms with Gasteiger partial charge in [0.1, 0.15) is 5.75 Å². The zero-order valence-corrected chi connectivity index (χ0v) is 13.4. The zero-order chi connectivity index (χ0) is 15.2. The predicted molar refractivity (Wildman–Crippen MR) is 84.7 cm³/mol. The van der Waals surface area contributed by atoms with Crippen LogP contribution in [0.3, 0.4) is 0 Å². The summed E-state index contributed by atoms with van der Waals surface area (Å²) in [7, 11) is 1.62. The maximum absolute atomic E-state index is 12.5. The lowest BCUT2D eigenvalue weighted by molar-refractivity contribution is -0.136. The number of hydrogen-bond donors (Lipinski definition) is 1. The highest BCUT2D eigenvalue weighted by Crippen LogP contribution is 2.28. The fourth-order valence-corrected chi connectivity index (χ4v) is 2.91. The number of nitrogens with one attached hydrogen (secondary N) is 1. The van der Waals surface area contributed by atoms with Gasteiger partial charge in [0.15, 0.2) is 0 Å². The Morgan fingerprint density at radius 2 is 2.29 bits per heavy atom. The van der Waals surface area contributed by atoms with Crippen LogP contribution >= 0.6 is 11.6 Å². The predicted octanol–water partition coefficient (Wildman–Crippen LogP) is 2.84. The van der Waals surface area contributed by atoms with Gasteiger partial charge in [-0.2, -0.15) is 0 Å². The number of carbonyl (C=O) groups is 1. The van der Waals surface area contributed by atoms with Crippen LogP contribution in [0.4, 0.5) is 0 Å². The van der Waals surface area contributed by atoms with Crippen LogP contribution < -0.4 is 10.1 Å². The van der Waals surface area contributed by atoms with E-state index in [-0.39, 0.29) is 11.9 Å². The first kappa shape index (κ1) is 16.1. The van der Waals surface area contributed by atoms with Crippen molar-refractivity contribution in [2.75, 3.05) is 20.2 Å². The fraction of sp³-hybridized carbons (Fsp3) is 0.562. The summed E-state index contributed by atoms with van der Waals surface area (Å²) in [5, 5.41) is 3.97. The van der Waals surface area contributed by atoms with Gasteiger partial charge < -0.3 is 15.0 Å². The van der Waals surface area contributed by atoms with Crippen molar-refractivity contribution in [3.63, 3.8) is 0 Å². The van der Waals surface area contributed by atoms with Crippen molar-refractivity contribution in [3.05, 3.63) is 28.8 Å². The summed E-state index contributed by atoms with van der Waals surface area (Å²) in [5.41, 5.74) is 0.881. The van der Waals surface area contributed by atoms with Gasteiger partial charge in [0.05, 0.1) is 19.7 Å². The van der Waals surface area contributed by atoms with Crippen LogP contribution in [0.2, 0.25) is 5.02 Å². The Bertz CT molecular complexity index is 493. The molecule has 1 N–H and O–H groups in total. The second-order valence-corrected chi connectivity index (χ2v) is 5.74. The number of hydrogen-bond acceptors (Lipinski definition) is 3. The Kier molecular flexibility index (Phi) is 5.88. The highest BCUT2D eigenvalue weighted by atomic mass is 35.5. The normalized spacial score (nSPS) is 18.9. The molecular weight excluding hydrogens is 288 g/mol. The minimum Gasteiger partial charge on any atom is -0.496 e. The molecular formula is C16H23ClN2O2. The molecule has 2 rings (SSSR count). The first-order valence-corrected chi connectivity index (χ1v) is 7.88. The van der Waals surface area contributed by atoms with Crippen LogP contribution in [-0.2, 0) is 11.3 Å². The van der Waals surface area contributed by atoms with Crippen LogP contribution in [0.5, 0.6) is 5.75 Å². The van der Waals surface area contributed by atoms with E-state index >= 15 is 0 Å². The molecule has 1 aliphatic heterocycles. The van der Waals surface area contributed by atoms with E-state index < -0.39 is 0 Å². The average molecular weight is 311 g/mol. The van der Waals surface area contributed by atoms with Gasteiger partial charge in [-0.1, -0.05) is 24.6 Å². The van der Waals surface area contributed by atoms with Crippen molar-refractivity contribution < 1.29 is 9.53 Å². The molecule has 1 heterocycles. The molecule has 0 bridgehead atoms. The molecule has 5 heteroatoms. The van der Waals surface area contributed by atoms with E-state index in [1.165, 1.54) is 0 Å². The van der Waals surface area contributed by atoms with E-state index in [1.807, 2.05) is 23.1 Å². The van der Waals surface area contributed by atoms with Crippen molar-refractivity contribution in [1.82, 2.24) is 10.2 Å². The lowest BCUT2D eigenvalue weighted by Crippen LogP contribution is -2.50. The molecule has 1 saturated heterocycles. The summed E-state index contributed by atoms with van der Waals surface area (Å²) < 4.78 is 5.36. The minimum atomic E-state index is -0.0628. The van der Waals surface area contributed by atoms with Crippen LogP contribution in [0.15, 0.2) is 18.2 Å². The fourth-order valence-electron chi connectivity index (χ4n) is 2.68. The Morgan fingerprint density at radius 3 is 3.00 bits per heavy atom. The lowest BCUT2D eigenvalue weighted by Gasteiger charge is -2.33. The summed E-state index contributed by atoms with van der Waals surface area (Å²) in [5.74, 6) is 0.899. The van der Waals surface area contributed by atoms with E-state index in [1.54, 1.807) is 7.11 Å². The molecule has 1 fully saturated rings. The van der Waals surface area contributed by atoms with Crippen molar-refractivity contribution in [2.24, 2.45) is 0 Å². The van der Waals surface area contributed by atoms with Gasteiger partial charge in [-0.3, -0.25) is 4.79 Å². The van der Waals surface area contributed by atoms with Gasteiger partial charge in [0.2, 0.25) is 5.91 Å². The molecule has 0 aromatic heterocycles. The number of nitrogens with zero attached hydrogens (tertiary/aromatic N) is 1. The SMILES string of the molecule is CCCNC1CCCN(Cc2c(Cl)cccc2OC)C1=O. The molecule has 1 aliphatic rings. The van der Waals surface area contributed by atoms with Gasteiger partial charge in [0, 0.05) is 17.1 Å². The van der Waals surface area contributed by atoms with Crippen LogP contribution in [0.1, 0.15) is 31.7 Å². The highest BCUT2D eigenvalue weighted by Gasteiger charge is 2.29. The number of likely N-dealkylation sites (tertiary alicyclic amines) is 1. The number of halogens is 1. The van der Waals surface area contributed by atoms with E-state index in [0.29, 0.717) is 11.6 Å². The largest absolute Gasteiger partial charge is 0.496 e. The molecule has 1 aromatic rings. The van der Waals surface area contributed by atoms with Crippen molar-refractivity contribution >= 4 is 17.5 Å². The Morgan fingerprint density at radius 1 is 1.48 bits per heavy atom. The van der Waals surface area contributed by atoms with Crippen molar-refractivity contribution in [2.45, 2.75) is 38.8 Å². The second kappa shape index (κ2) is 7.66. The molecule has 0 aliphatic carbocycles. The van der Waals surface area contributed by atoms with Gasteiger partial charge in [-0.15, -0.1) is 0 Å². The number of piperidine rings is 1. The molecule has 0 radical (unpaired) electrons. The van der Waals surface area contributed by atoms with Gasteiger partial charge in [-0.25, -0.2) is 0 Å². The Hall–Kier alpha value is -1.26. The third-order valence-corrected chi connectivity index (χ3v) is 4.17. The van der Waals surface area contributed by atoms with E-state index in [0.717, 1.165) is 43.7 Å². The summed E-state index contributed by atoms with van der Waals surface area (Å²) in [4.78, 5) is 14.4. The van der Waals surface area contributed by atoms with Crippen LogP contribution in [0, 0.1) is 0 Å². The Labute approximate surface area is 131 Å². The minimum absolute atomic E-state index is 0.0628. The number of methoxy groups -OCH3 is 1. The third kappa shape index (κ3) is 3.89. The molecule has 116 valence electrons. The summed E-state index contributed by atoms with van der Waals surface area (Å²) in [6, 6.07) is 5.50. The van der Waals surface area contributed by atoms with Gasteiger partial charge in [-0.05, 0) is 37.9 Å². The number of ether oxygens (including phenoxy) is 1. The molecule has 21 heavy (non-hydrogen) atoms. The molecule has 4 nitrogen and oxygen atoms in total. The monoisotopic (exact) mass is 310 g/mol. The summed E-state index contributed by atoms with van der Waals surface area (Å²) in [6.45, 7) is 4.26. The topological polar surface area (TPSA) is 41.6 Å². The van der Waals surface area contributed by atoms with Crippen LogP contribution in [-0.4, -0.2) is 37.0 Å². The molecule has 0 saturated carbocycles. The van der Waals surface area contributed by atoms with E-state index in [2.05, 4.69) is 12.2 Å². The molecule has 1 amide bonds. The Balaban J connectivity index is 2.10. The number of amides is 1. The van der Waals surface area contributed by atoms with Crippen molar-refractivity contribution in [3.8, 4) is 5.75 Å². The highest BCUT2D eigenvalue weighted by molar-refractivity contribution is 6.31. The molecule has 1 aromatic carbocycles. The standard InChI is InChI=1S/C16H23ClN2O2/c1-3-9-18-14-7-5-10-19(16(14)20)11-12-13(17)6-4-8-15(12)21-2/h4,6,8,14,18H,3,5,7,9-11H2,1-2H3. The molecule has 0 spiro atoms. The second-order valence-electron chi connectivity index (χ2n) is 5.33.